The zero-order valence-corrected chi connectivity index (χ0v) is 19.6. The molecule has 3 aliphatic rings. The van der Waals surface area contributed by atoms with Crippen molar-refractivity contribution in [1.29, 1.82) is 0 Å². The van der Waals surface area contributed by atoms with Gasteiger partial charge in [-0.1, -0.05) is 41.9 Å². The van der Waals surface area contributed by atoms with Crippen molar-refractivity contribution in [2.45, 2.75) is 44.8 Å². The first-order valence-corrected chi connectivity index (χ1v) is 11.6. The van der Waals surface area contributed by atoms with Crippen LogP contribution in [-0.2, 0) is 31.3 Å². The summed E-state index contributed by atoms with van der Waals surface area (Å²) >= 11 is 6.30. The number of nitrogens with two attached hydrogens (primary N) is 1. The molecule has 3 heterocycles. The van der Waals surface area contributed by atoms with Crippen molar-refractivity contribution in [3.05, 3.63) is 63.7 Å². The topological polar surface area (TPSA) is 122 Å². The highest BCUT2D eigenvalue weighted by Crippen LogP contribution is 2.54. The van der Waals surface area contributed by atoms with Crippen molar-refractivity contribution in [2.75, 3.05) is 5.32 Å². The Balaban J connectivity index is 1.61. The first kappa shape index (κ1) is 22.6. The fraction of sp³-hybridized carbons (Fsp3) is 0.360. The fourth-order valence-electron chi connectivity index (χ4n) is 5.68. The minimum absolute atomic E-state index is 0.0182. The second kappa shape index (κ2) is 7.92. The molecule has 2 saturated heterocycles. The van der Waals surface area contributed by atoms with E-state index in [1.165, 1.54) is 4.90 Å². The van der Waals surface area contributed by atoms with Crippen LogP contribution in [0.2, 0.25) is 5.02 Å². The molecule has 0 aliphatic carbocycles. The monoisotopic (exact) mass is 480 g/mol. The number of nitrogens with zero attached hydrogens (tertiary/aromatic N) is 1. The number of carbonyl (C=O) groups is 4. The van der Waals surface area contributed by atoms with E-state index in [0.717, 1.165) is 11.1 Å². The molecule has 4 amide bonds. The van der Waals surface area contributed by atoms with Gasteiger partial charge in [0.2, 0.25) is 23.6 Å². The predicted molar refractivity (Wildman–Crippen MR) is 126 cm³/mol. The van der Waals surface area contributed by atoms with Crippen LogP contribution in [0.5, 0.6) is 0 Å². The lowest BCUT2D eigenvalue weighted by atomic mass is 9.76. The molecule has 0 unspecified atom stereocenters. The molecule has 2 fully saturated rings. The first-order chi connectivity index (χ1) is 16.2. The Morgan fingerprint density at radius 3 is 2.56 bits per heavy atom. The number of hydrogen-bond acceptors (Lipinski definition) is 5. The Bertz CT molecular complexity index is 1260. The summed E-state index contributed by atoms with van der Waals surface area (Å²) in [5, 5.41) is 6.72. The fourth-order valence-corrected chi connectivity index (χ4v) is 5.87. The summed E-state index contributed by atoms with van der Waals surface area (Å²) < 4.78 is 0. The lowest BCUT2D eigenvalue weighted by molar-refractivity contribution is -0.143. The number of fused-ring (bicyclic) bond motifs is 4. The summed E-state index contributed by atoms with van der Waals surface area (Å²) in [5.74, 6) is -3.42. The van der Waals surface area contributed by atoms with Gasteiger partial charge in [-0.25, -0.2) is 0 Å². The van der Waals surface area contributed by atoms with Crippen molar-refractivity contribution < 1.29 is 19.2 Å². The highest BCUT2D eigenvalue weighted by Gasteiger charge is 2.70. The van der Waals surface area contributed by atoms with Gasteiger partial charge < -0.3 is 11.1 Å². The molecular formula is C25H25ClN4O4. The van der Waals surface area contributed by atoms with E-state index in [0.29, 0.717) is 21.8 Å². The van der Waals surface area contributed by atoms with Gasteiger partial charge in [0.25, 0.3) is 0 Å². The Labute approximate surface area is 201 Å². The lowest BCUT2D eigenvalue weighted by Gasteiger charge is -2.29. The number of hydrogen-bond donors (Lipinski definition) is 3. The molecule has 5 rings (SSSR count). The van der Waals surface area contributed by atoms with Gasteiger partial charge in [-0.15, -0.1) is 0 Å². The number of anilines is 1. The second-order valence-electron chi connectivity index (χ2n) is 9.31. The molecule has 34 heavy (non-hydrogen) atoms. The number of benzene rings is 2. The smallest absolute Gasteiger partial charge is 0.250 e. The number of halogens is 1. The normalized spacial score (nSPS) is 27.3. The van der Waals surface area contributed by atoms with Crippen molar-refractivity contribution >= 4 is 40.9 Å². The Kier molecular flexibility index (Phi) is 5.26. The molecule has 0 saturated carbocycles. The molecule has 3 aliphatic heterocycles. The van der Waals surface area contributed by atoms with E-state index >= 15 is 0 Å². The molecule has 2 aromatic carbocycles. The van der Waals surface area contributed by atoms with Crippen LogP contribution < -0.4 is 16.4 Å². The van der Waals surface area contributed by atoms with Gasteiger partial charge in [-0.3, -0.25) is 29.4 Å². The summed E-state index contributed by atoms with van der Waals surface area (Å²) in [6.45, 7) is 3.88. The van der Waals surface area contributed by atoms with Gasteiger partial charge in [0, 0.05) is 28.7 Å². The van der Waals surface area contributed by atoms with Crippen LogP contribution in [0.1, 0.15) is 35.1 Å². The average Bonchev–Trinajstić information content (AvgIpc) is 3.37. The number of primary amides is 1. The van der Waals surface area contributed by atoms with Crippen LogP contribution in [0.3, 0.4) is 0 Å². The quantitative estimate of drug-likeness (QED) is 0.566. The number of imide groups is 1. The van der Waals surface area contributed by atoms with Crippen LogP contribution in [-0.4, -0.2) is 34.6 Å². The second-order valence-corrected chi connectivity index (χ2v) is 9.71. The third-order valence-electron chi connectivity index (χ3n) is 7.50. The molecular weight excluding hydrogens is 456 g/mol. The molecule has 4 N–H and O–H groups in total. The third kappa shape index (κ3) is 3.09. The van der Waals surface area contributed by atoms with Crippen molar-refractivity contribution in [3.63, 3.8) is 0 Å². The summed E-state index contributed by atoms with van der Waals surface area (Å²) in [4.78, 5) is 53.7. The van der Waals surface area contributed by atoms with Crippen molar-refractivity contribution in [1.82, 2.24) is 10.2 Å². The zero-order chi connectivity index (χ0) is 24.4. The van der Waals surface area contributed by atoms with Gasteiger partial charge in [-0.05, 0) is 43.0 Å². The van der Waals surface area contributed by atoms with Crippen LogP contribution in [0, 0.1) is 25.7 Å². The van der Waals surface area contributed by atoms with Gasteiger partial charge in [0.15, 0.2) is 0 Å². The van der Waals surface area contributed by atoms with Crippen LogP contribution in [0.15, 0.2) is 36.4 Å². The van der Waals surface area contributed by atoms with Crippen molar-refractivity contribution in [2.24, 2.45) is 17.6 Å². The molecule has 0 aromatic heterocycles. The van der Waals surface area contributed by atoms with Crippen molar-refractivity contribution in [3.8, 4) is 0 Å². The summed E-state index contributed by atoms with van der Waals surface area (Å²) in [7, 11) is 0. The van der Waals surface area contributed by atoms with Crippen LogP contribution in [0.4, 0.5) is 5.69 Å². The Morgan fingerprint density at radius 1 is 1.12 bits per heavy atom. The maximum atomic E-state index is 13.8. The molecule has 0 radical (unpaired) electrons. The number of aryl methyl sites for hydroxylation is 1. The first-order valence-electron chi connectivity index (χ1n) is 11.2. The van der Waals surface area contributed by atoms with E-state index < -0.39 is 35.2 Å². The lowest BCUT2D eigenvalue weighted by Crippen LogP contribution is -2.53. The maximum Gasteiger partial charge on any atom is 0.250 e. The Hall–Kier alpha value is -3.23. The SMILES string of the molecule is Cc1ccc2c(c1C)NC(=O)[C@]21N[C@H](CCC(N)=O)[C@H]2C(=O)N(Cc3ccccc3Cl)C(=O)[C@H]21. The summed E-state index contributed by atoms with van der Waals surface area (Å²) in [5.41, 5.74) is 7.85. The minimum atomic E-state index is -1.40. The third-order valence-corrected chi connectivity index (χ3v) is 7.87. The highest BCUT2D eigenvalue weighted by molar-refractivity contribution is 6.31. The standard InChI is InChI=1S/C25H25ClN4O4/c1-12-7-8-15-21(13(12)2)28-24(34)25(15)20-19(17(29-25)9-10-18(27)31)22(32)30(23(20)33)11-14-5-3-4-6-16(14)26/h3-8,17,19-20,29H,9-11H2,1-2H3,(H2,27,31)(H,28,34)/t17-,19-,20+,25+/m1/s1. The number of rotatable bonds is 5. The van der Waals surface area contributed by atoms with Gasteiger partial charge in [0.05, 0.1) is 18.4 Å². The van der Waals surface area contributed by atoms with E-state index in [1.807, 2.05) is 26.0 Å². The molecule has 2 aromatic rings. The Morgan fingerprint density at radius 2 is 1.85 bits per heavy atom. The molecule has 0 bridgehead atoms. The summed E-state index contributed by atoms with van der Waals surface area (Å²) in [6.07, 6.45) is 0.273. The molecule has 9 heteroatoms. The summed E-state index contributed by atoms with van der Waals surface area (Å²) in [6, 6.07) is 10.2. The number of carbonyl (C=O) groups excluding carboxylic acids is 4. The minimum Gasteiger partial charge on any atom is -0.370 e. The van der Waals surface area contributed by atoms with E-state index in [1.54, 1.807) is 24.3 Å². The number of likely N-dealkylation sites (tertiary alicyclic amines) is 1. The average molecular weight is 481 g/mol. The maximum absolute atomic E-state index is 13.8. The number of amides is 4. The molecule has 1 spiro atoms. The van der Waals surface area contributed by atoms with E-state index in [2.05, 4.69) is 10.6 Å². The van der Waals surface area contributed by atoms with Gasteiger partial charge in [0.1, 0.15) is 5.54 Å². The van der Waals surface area contributed by atoms with Gasteiger partial charge in [-0.2, -0.15) is 0 Å². The van der Waals surface area contributed by atoms with Gasteiger partial charge >= 0.3 is 0 Å². The largest absolute Gasteiger partial charge is 0.370 e. The van der Waals surface area contributed by atoms with E-state index in [9.17, 15) is 19.2 Å². The van der Waals surface area contributed by atoms with E-state index in [4.69, 9.17) is 17.3 Å². The highest BCUT2D eigenvalue weighted by atomic mass is 35.5. The molecule has 176 valence electrons. The van der Waals surface area contributed by atoms with Crippen LogP contribution in [0.25, 0.3) is 0 Å². The molecule has 4 atom stereocenters. The molecule has 8 nitrogen and oxygen atoms in total. The van der Waals surface area contributed by atoms with Crippen LogP contribution >= 0.6 is 11.6 Å². The van der Waals surface area contributed by atoms with E-state index in [-0.39, 0.29) is 31.2 Å². The predicted octanol–water partition coefficient (Wildman–Crippen LogP) is 2.14. The zero-order valence-electron chi connectivity index (χ0n) is 18.9. The number of nitrogens with one attached hydrogen (secondary N) is 2.